The molecule has 36 heavy (non-hydrogen) atoms. The highest BCUT2D eigenvalue weighted by atomic mass is 16.5. The molecule has 5 rings (SSSR count). The number of morpholine rings is 1. The standard InChI is InChI=1S/C27H30N6O3/c1-19(32-15-17-36-18-16-32)26(34)31(2)22-11-9-21(10-12-22)28-27-29-25-6-4-5-24(33(25)30-27)20-7-13-23(35-3)14-8-20/h4-14,19H,15-18H2,1-3H3,(H,28,30). The third kappa shape index (κ3) is 4.89. The van der Waals surface area contributed by atoms with Gasteiger partial charge in [-0.3, -0.25) is 9.69 Å². The van der Waals surface area contributed by atoms with E-state index in [2.05, 4.69) is 20.3 Å². The number of nitrogens with zero attached hydrogens (tertiary/aromatic N) is 5. The fourth-order valence-corrected chi connectivity index (χ4v) is 4.36. The summed E-state index contributed by atoms with van der Waals surface area (Å²) in [6.07, 6.45) is 0. The van der Waals surface area contributed by atoms with E-state index in [-0.39, 0.29) is 11.9 Å². The Morgan fingerprint density at radius 1 is 1.06 bits per heavy atom. The van der Waals surface area contributed by atoms with Gasteiger partial charge in [0.15, 0.2) is 5.65 Å². The molecule has 1 saturated heterocycles. The van der Waals surface area contributed by atoms with E-state index in [4.69, 9.17) is 9.47 Å². The van der Waals surface area contributed by atoms with Crippen molar-refractivity contribution in [3.63, 3.8) is 0 Å². The van der Waals surface area contributed by atoms with Gasteiger partial charge in [0.25, 0.3) is 0 Å². The highest BCUT2D eigenvalue weighted by Gasteiger charge is 2.26. The number of pyridine rings is 1. The first-order valence-electron chi connectivity index (χ1n) is 12.0. The van der Waals surface area contributed by atoms with Crippen LogP contribution >= 0.6 is 0 Å². The van der Waals surface area contributed by atoms with Crippen LogP contribution in [-0.4, -0.2) is 71.9 Å². The Kier molecular flexibility index (Phi) is 6.84. The number of ether oxygens (including phenoxy) is 2. The number of carbonyl (C=O) groups excluding carboxylic acids is 1. The minimum atomic E-state index is -0.196. The molecule has 1 amide bonds. The lowest BCUT2D eigenvalue weighted by Crippen LogP contribution is -2.50. The van der Waals surface area contributed by atoms with Gasteiger partial charge >= 0.3 is 0 Å². The largest absolute Gasteiger partial charge is 0.497 e. The lowest BCUT2D eigenvalue weighted by molar-refractivity contribution is -0.124. The molecule has 0 saturated carbocycles. The number of likely N-dealkylation sites (N-methyl/N-ethyl adjacent to an activating group) is 1. The third-order valence-corrected chi connectivity index (χ3v) is 6.54. The average Bonchev–Trinajstić information content (AvgIpc) is 3.35. The molecule has 2 aromatic heterocycles. The summed E-state index contributed by atoms with van der Waals surface area (Å²) in [7, 11) is 3.46. The molecule has 1 unspecified atom stereocenters. The second-order valence-electron chi connectivity index (χ2n) is 8.74. The summed E-state index contributed by atoms with van der Waals surface area (Å²) >= 11 is 0. The quantitative estimate of drug-likeness (QED) is 0.425. The number of anilines is 3. The van der Waals surface area contributed by atoms with Gasteiger partial charge in [0, 0.05) is 37.1 Å². The van der Waals surface area contributed by atoms with Gasteiger partial charge in [-0.05, 0) is 67.6 Å². The van der Waals surface area contributed by atoms with E-state index in [1.54, 1.807) is 12.0 Å². The van der Waals surface area contributed by atoms with Crippen LogP contribution in [0.2, 0.25) is 0 Å². The summed E-state index contributed by atoms with van der Waals surface area (Å²) < 4.78 is 12.5. The molecule has 2 aromatic carbocycles. The van der Waals surface area contributed by atoms with Crippen molar-refractivity contribution >= 4 is 28.9 Å². The third-order valence-electron chi connectivity index (χ3n) is 6.54. The van der Waals surface area contributed by atoms with Crippen LogP contribution < -0.4 is 15.0 Å². The van der Waals surface area contributed by atoms with Gasteiger partial charge in [-0.15, -0.1) is 5.10 Å². The number of rotatable bonds is 7. The van der Waals surface area contributed by atoms with Crippen LogP contribution in [0.25, 0.3) is 16.9 Å². The predicted molar refractivity (Wildman–Crippen MR) is 140 cm³/mol. The van der Waals surface area contributed by atoms with Crippen molar-refractivity contribution in [2.24, 2.45) is 0 Å². The summed E-state index contributed by atoms with van der Waals surface area (Å²) in [4.78, 5) is 21.5. The van der Waals surface area contributed by atoms with E-state index in [1.807, 2.05) is 85.2 Å². The Labute approximate surface area is 210 Å². The number of aromatic nitrogens is 3. The van der Waals surface area contributed by atoms with Crippen molar-refractivity contribution in [3.05, 3.63) is 66.7 Å². The van der Waals surface area contributed by atoms with Gasteiger partial charge in [0.05, 0.1) is 32.1 Å². The van der Waals surface area contributed by atoms with Crippen LogP contribution in [-0.2, 0) is 9.53 Å². The molecular formula is C27H30N6O3. The number of nitrogens with one attached hydrogen (secondary N) is 1. The van der Waals surface area contributed by atoms with Crippen molar-refractivity contribution < 1.29 is 14.3 Å². The molecular weight excluding hydrogens is 456 g/mol. The summed E-state index contributed by atoms with van der Waals surface area (Å²) in [6.45, 7) is 4.84. The van der Waals surface area contributed by atoms with Crippen LogP contribution in [0, 0.1) is 0 Å². The Morgan fingerprint density at radius 3 is 2.47 bits per heavy atom. The van der Waals surface area contributed by atoms with Gasteiger partial charge < -0.3 is 19.7 Å². The summed E-state index contributed by atoms with van der Waals surface area (Å²) in [5, 5.41) is 7.94. The molecule has 1 N–H and O–H groups in total. The van der Waals surface area contributed by atoms with Crippen molar-refractivity contribution in [3.8, 4) is 17.0 Å². The lowest BCUT2D eigenvalue weighted by atomic mass is 10.1. The van der Waals surface area contributed by atoms with Gasteiger partial charge in [0.2, 0.25) is 11.9 Å². The van der Waals surface area contributed by atoms with Gasteiger partial charge in [0.1, 0.15) is 5.75 Å². The molecule has 1 aliphatic heterocycles. The highest BCUT2D eigenvalue weighted by molar-refractivity contribution is 5.96. The van der Waals surface area contributed by atoms with Crippen molar-refractivity contribution in [1.82, 2.24) is 19.5 Å². The van der Waals surface area contributed by atoms with E-state index in [0.29, 0.717) is 19.2 Å². The molecule has 0 bridgehead atoms. The first-order valence-corrected chi connectivity index (χ1v) is 12.0. The Morgan fingerprint density at radius 2 is 1.78 bits per heavy atom. The molecule has 3 heterocycles. The predicted octanol–water partition coefficient (Wildman–Crippen LogP) is 3.83. The number of benzene rings is 2. The molecule has 9 nitrogen and oxygen atoms in total. The zero-order valence-corrected chi connectivity index (χ0v) is 20.7. The Balaban J connectivity index is 1.30. The highest BCUT2D eigenvalue weighted by Crippen LogP contribution is 2.25. The number of hydrogen-bond donors (Lipinski definition) is 1. The van der Waals surface area contributed by atoms with Crippen LogP contribution in [0.1, 0.15) is 6.92 Å². The van der Waals surface area contributed by atoms with Gasteiger partial charge in [-0.25, -0.2) is 4.52 Å². The molecule has 9 heteroatoms. The Hall–Kier alpha value is -3.95. The second-order valence-corrected chi connectivity index (χ2v) is 8.74. The Bertz CT molecular complexity index is 1330. The SMILES string of the molecule is COc1ccc(-c2cccc3nc(Nc4ccc(N(C)C(=O)C(C)N5CCOCC5)cc4)nn23)cc1. The lowest BCUT2D eigenvalue weighted by Gasteiger charge is -2.33. The van der Waals surface area contributed by atoms with E-state index in [1.165, 1.54) is 0 Å². The maximum absolute atomic E-state index is 13.0. The van der Waals surface area contributed by atoms with E-state index in [9.17, 15) is 4.79 Å². The van der Waals surface area contributed by atoms with Crippen LogP contribution in [0.5, 0.6) is 5.75 Å². The minimum absolute atomic E-state index is 0.0608. The van der Waals surface area contributed by atoms with Crippen molar-refractivity contribution in [2.45, 2.75) is 13.0 Å². The van der Waals surface area contributed by atoms with Gasteiger partial charge in [-0.2, -0.15) is 4.98 Å². The monoisotopic (exact) mass is 486 g/mol. The number of methoxy groups -OCH3 is 1. The first-order chi connectivity index (χ1) is 17.5. The molecule has 1 aliphatic rings. The van der Waals surface area contributed by atoms with Crippen LogP contribution in [0.3, 0.4) is 0 Å². The minimum Gasteiger partial charge on any atom is -0.497 e. The second kappa shape index (κ2) is 10.3. The van der Waals surface area contributed by atoms with Crippen molar-refractivity contribution in [2.75, 3.05) is 50.7 Å². The number of carbonyl (C=O) groups is 1. The fourth-order valence-electron chi connectivity index (χ4n) is 4.36. The van der Waals surface area contributed by atoms with Crippen molar-refractivity contribution in [1.29, 1.82) is 0 Å². The van der Waals surface area contributed by atoms with Gasteiger partial charge in [-0.1, -0.05) is 6.07 Å². The number of hydrogen-bond acceptors (Lipinski definition) is 7. The van der Waals surface area contributed by atoms with E-state index in [0.717, 1.165) is 47.1 Å². The fraction of sp³-hybridized carbons (Fsp3) is 0.296. The molecule has 0 aliphatic carbocycles. The summed E-state index contributed by atoms with van der Waals surface area (Å²) in [5.74, 6) is 1.36. The zero-order chi connectivity index (χ0) is 25.1. The molecule has 0 spiro atoms. The zero-order valence-electron chi connectivity index (χ0n) is 20.7. The maximum Gasteiger partial charge on any atom is 0.247 e. The number of amides is 1. The number of fused-ring (bicyclic) bond motifs is 1. The molecule has 1 atom stereocenters. The normalized spacial score (nSPS) is 15.0. The first kappa shape index (κ1) is 23.8. The summed E-state index contributed by atoms with van der Waals surface area (Å²) in [6, 6.07) is 21.2. The van der Waals surface area contributed by atoms with E-state index < -0.39 is 0 Å². The topological polar surface area (TPSA) is 84.2 Å². The molecule has 0 radical (unpaired) electrons. The van der Waals surface area contributed by atoms with E-state index >= 15 is 0 Å². The molecule has 186 valence electrons. The summed E-state index contributed by atoms with van der Waals surface area (Å²) in [5.41, 5.74) is 4.35. The van der Waals surface area contributed by atoms with Crippen LogP contribution in [0.15, 0.2) is 66.7 Å². The molecule has 4 aromatic rings. The molecule has 1 fully saturated rings. The smallest absolute Gasteiger partial charge is 0.247 e. The maximum atomic E-state index is 13.0. The van der Waals surface area contributed by atoms with Crippen LogP contribution in [0.4, 0.5) is 17.3 Å². The average molecular weight is 487 g/mol.